The van der Waals surface area contributed by atoms with Gasteiger partial charge in [0.2, 0.25) is 0 Å². The van der Waals surface area contributed by atoms with E-state index in [0.717, 1.165) is 47.9 Å². The van der Waals surface area contributed by atoms with Crippen LogP contribution in [0.5, 0.6) is 0 Å². The first-order chi connectivity index (χ1) is 15.8. The van der Waals surface area contributed by atoms with Crippen molar-refractivity contribution in [2.45, 2.75) is 0 Å². The van der Waals surface area contributed by atoms with Gasteiger partial charge in [0.25, 0.3) is 0 Å². The summed E-state index contributed by atoms with van der Waals surface area (Å²) in [4.78, 5) is 0. The van der Waals surface area contributed by atoms with E-state index in [1.807, 2.05) is 72.8 Å². The van der Waals surface area contributed by atoms with Crippen LogP contribution >= 0.6 is 0 Å². The monoisotopic (exact) mass is 428 g/mol. The van der Waals surface area contributed by atoms with Gasteiger partial charge >= 0.3 is 8.41 Å². The van der Waals surface area contributed by atoms with Crippen molar-refractivity contribution in [1.82, 2.24) is 0 Å². The summed E-state index contributed by atoms with van der Waals surface area (Å²) in [6.07, 6.45) is 0. The SMILES string of the molecule is F[Si](c1cccc2ccccc12)(c1cccc2ccccc12)c1cccc2ccccc12. The van der Waals surface area contributed by atoms with Crippen LogP contribution in [0.25, 0.3) is 32.3 Å². The predicted molar refractivity (Wildman–Crippen MR) is 138 cm³/mol. The van der Waals surface area contributed by atoms with Gasteiger partial charge in [-0.3, -0.25) is 4.11 Å². The molecule has 0 amide bonds. The molecule has 0 aromatic heterocycles. The van der Waals surface area contributed by atoms with E-state index in [2.05, 4.69) is 54.6 Å². The van der Waals surface area contributed by atoms with Crippen molar-refractivity contribution in [3.05, 3.63) is 127 Å². The summed E-state index contributed by atoms with van der Waals surface area (Å²) in [6, 6.07) is 42.6. The Morgan fingerprint density at radius 1 is 0.344 bits per heavy atom. The standard InChI is InChI=1S/C30H21FSi/c31-32(28-19-7-13-22-10-1-4-16-25(22)28,29-20-8-14-23-11-2-5-17-26(23)29)30-21-9-15-24-12-3-6-18-27(24)30/h1-21H. The summed E-state index contributed by atoms with van der Waals surface area (Å²) >= 11 is 0. The van der Waals surface area contributed by atoms with E-state index in [0.29, 0.717) is 0 Å². The molecule has 0 bridgehead atoms. The van der Waals surface area contributed by atoms with Gasteiger partial charge < -0.3 is 0 Å². The first-order valence-electron chi connectivity index (χ1n) is 10.9. The van der Waals surface area contributed by atoms with Crippen LogP contribution in [-0.4, -0.2) is 8.41 Å². The molecule has 0 atom stereocenters. The van der Waals surface area contributed by atoms with Crippen LogP contribution in [0.4, 0.5) is 4.11 Å². The van der Waals surface area contributed by atoms with Gasteiger partial charge in [0.1, 0.15) is 0 Å². The lowest BCUT2D eigenvalue weighted by molar-refractivity contribution is 0.844. The van der Waals surface area contributed by atoms with E-state index in [4.69, 9.17) is 0 Å². The summed E-state index contributed by atoms with van der Waals surface area (Å²) in [5.74, 6) is 0. The van der Waals surface area contributed by atoms with Crippen molar-refractivity contribution >= 4 is 56.3 Å². The molecule has 6 rings (SSSR count). The quantitative estimate of drug-likeness (QED) is 0.182. The molecule has 0 saturated carbocycles. The molecule has 2 heteroatoms. The maximum Gasteiger partial charge on any atom is 0.341 e. The van der Waals surface area contributed by atoms with Crippen molar-refractivity contribution in [1.29, 1.82) is 0 Å². The fourth-order valence-corrected chi connectivity index (χ4v) is 8.66. The molecule has 6 aromatic carbocycles. The average Bonchev–Trinajstić information content (AvgIpc) is 2.87. The highest BCUT2D eigenvalue weighted by molar-refractivity contribution is 7.09. The Labute approximate surface area is 187 Å². The zero-order chi connectivity index (χ0) is 21.5. The van der Waals surface area contributed by atoms with E-state index in [1.165, 1.54) is 0 Å². The van der Waals surface area contributed by atoms with Crippen LogP contribution in [0.2, 0.25) is 0 Å². The number of hydrogen-bond donors (Lipinski definition) is 0. The fraction of sp³-hybridized carbons (Fsp3) is 0. The van der Waals surface area contributed by atoms with Crippen LogP contribution in [0, 0.1) is 0 Å². The lowest BCUT2D eigenvalue weighted by Crippen LogP contribution is -2.64. The number of rotatable bonds is 3. The van der Waals surface area contributed by atoms with Gasteiger partial charge in [-0.1, -0.05) is 127 Å². The Kier molecular flexibility index (Phi) is 4.41. The zero-order valence-electron chi connectivity index (χ0n) is 17.5. The summed E-state index contributed by atoms with van der Waals surface area (Å²) in [6.45, 7) is 0. The molecule has 152 valence electrons. The van der Waals surface area contributed by atoms with Gasteiger partial charge in [-0.15, -0.1) is 0 Å². The van der Waals surface area contributed by atoms with E-state index in [9.17, 15) is 0 Å². The molecule has 0 aliphatic rings. The lowest BCUT2D eigenvalue weighted by atomic mass is 10.1. The van der Waals surface area contributed by atoms with Gasteiger partial charge in [0, 0.05) is 0 Å². The maximum absolute atomic E-state index is 18.3. The van der Waals surface area contributed by atoms with Crippen molar-refractivity contribution in [3.63, 3.8) is 0 Å². The van der Waals surface area contributed by atoms with Gasteiger partial charge in [0.15, 0.2) is 0 Å². The van der Waals surface area contributed by atoms with Gasteiger partial charge in [-0.05, 0) is 47.9 Å². The molecular weight excluding hydrogens is 407 g/mol. The zero-order valence-corrected chi connectivity index (χ0v) is 18.5. The van der Waals surface area contributed by atoms with E-state index < -0.39 is 8.41 Å². The molecule has 0 aliphatic carbocycles. The highest BCUT2D eigenvalue weighted by Crippen LogP contribution is 2.24. The van der Waals surface area contributed by atoms with Crippen molar-refractivity contribution < 1.29 is 4.11 Å². The minimum atomic E-state index is -3.87. The largest absolute Gasteiger partial charge is 0.341 e. The third kappa shape index (κ3) is 2.80. The van der Waals surface area contributed by atoms with E-state index >= 15 is 4.11 Å². The molecule has 0 fully saturated rings. The Balaban J connectivity index is 1.81. The first-order valence-corrected chi connectivity index (χ1v) is 12.8. The molecular formula is C30H21FSi. The molecule has 0 heterocycles. The smallest absolute Gasteiger partial charge is 0.296 e. The molecule has 0 unspecified atom stereocenters. The Bertz CT molecular complexity index is 1390. The van der Waals surface area contributed by atoms with Crippen molar-refractivity contribution in [3.8, 4) is 0 Å². The lowest BCUT2D eigenvalue weighted by Gasteiger charge is -2.28. The summed E-state index contributed by atoms with van der Waals surface area (Å²) < 4.78 is 18.3. The second kappa shape index (κ2) is 7.43. The molecule has 32 heavy (non-hydrogen) atoms. The molecule has 0 nitrogen and oxygen atoms in total. The Hall–Kier alpha value is -3.75. The van der Waals surface area contributed by atoms with Crippen LogP contribution in [0.3, 0.4) is 0 Å². The Morgan fingerprint density at radius 2 is 0.625 bits per heavy atom. The summed E-state index contributed by atoms with van der Waals surface area (Å²) in [5.41, 5.74) is 0. The van der Waals surface area contributed by atoms with Gasteiger partial charge in [-0.2, -0.15) is 0 Å². The summed E-state index contributed by atoms with van der Waals surface area (Å²) in [7, 11) is -3.87. The minimum Gasteiger partial charge on any atom is -0.296 e. The van der Waals surface area contributed by atoms with Crippen LogP contribution < -0.4 is 15.6 Å². The third-order valence-electron chi connectivity index (χ3n) is 6.48. The van der Waals surface area contributed by atoms with Crippen molar-refractivity contribution in [2.75, 3.05) is 0 Å². The topological polar surface area (TPSA) is 0 Å². The highest BCUT2D eigenvalue weighted by atomic mass is 28.4. The summed E-state index contributed by atoms with van der Waals surface area (Å²) in [5, 5.41) is 8.61. The van der Waals surface area contributed by atoms with Crippen LogP contribution in [0.15, 0.2) is 127 Å². The molecule has 0 saturated heterocycles. The molecule has 0 spiro atoms. The number of halogens is 1. The van der Waals surface area contributed by atoms with Crippen molar-refractivity contribution in [2.24, 2.45) is 0 Å². The minimum absolute atomic E-state index is 0.809. The third-order valence-corrected chi connectivity index (χ3v) is 10.0. The van der Waals surface area contributed by atoms with Gasteiger partial charge in [0.05, 0.1) is 0 Å². The fourth-order valence-electron chi connectivity index (χ4n) is 5.01. The predicted octanol–water partition coefficient (Wildman–Crippen LogP) is 6.08. The second-order valence-electron chi connectivity index (χ2n) is 8.24. The first kappa shape index (κ1) is 19.0. The van der Waals surface area contributed by atoms with Gasteiger partial charge in [-0.25, -0.2) is 0 Å². The highest BCUT2D eigenvalue weighted by Gasteiger charge is 2.44. The number of benzene rings is 6. The molecule has 0 radical (unpaired) electrons. The van der Waals surface area contributed by atoms with Crippen LogP contribution in [0.1, 0.15) is 0 Å². The van der Waals surface area contributed by atoms with E-state index in [1.54, 1.807) is 0 Å². The second-order valence-corrected chi connectivity index (χ2v) is 11.2. The average molecular weight is 429 g/mol. The number of hydrogen-bond acceptors (Lipinski definition) is 0. The van der Waals surface area contributed by atoms with Crippen LogP contribution in [-0.2, 0) is 0 Å². The maximum atomic E-state index is 18.3. The molecule has 0 aliphatic heterocycles. The number of fused-ring (bicyclic) bond motifs is 3. The normalized spacial score (nSPS) is 11.9. The molecule has 6 aromatic rings. The molecule has 0 N–H and O–H groups in total. The van der Waals surface area contributed by atoms with E-state index in [-0.39, 0.29) is 0 Å². The Morgan fingerprint density at radius 3 is 0.969 bits per heavy atom.